The highest BCUT2D eigenvalue weighted by molar-refractivity contribution is 5.91. The summed E-state index contributed by atoms with van der Waals surface area (Å²) in [7, 11) is 0. The van der Waals surface area contributed by atoms with E-state index in [1.165, 1.54) is 10.9 Å². The van der Waals surface area contributed by atoms with Crippen LogP contribution in [0.2, 0.25) is 0 Å². The highest BCUT2D eigenvalue weighted by Gasteiger charge is 2.35. The van der Waals surface area contributed by atoms with E-state index in [9.17, 15) is 4.79 Å². The third-order valence-electron chi connectivity index (χ3n) is 6.52. The maximum atomic E-state index is 12.4. The second kappa shape index (κ2) is 10.3. The summed E-state index contributed by atoms with van der Waals surface area (Å²) < 4.78 is 11.8. The first kappa shape index (κ1) is 24.2. The van der Waals surface area contributed by atoms with Crippen LogP contribution in [-0.4, -0.2) is 18.2 Å². The van der Waals surface area contributed by atoms with E-state index in [1.54, 1.807) is 0 Å². The van der Waals surface area contributed by atoms with Crippen molar-refractivity contribution in [3.05, 3.63) is 42.0 Å². The Morgan fingerprint density at radius 1 is 1.03 bits per heavy atom. The van der Waals surface area contributed by atoms with E-state index >= 15 is 0 Å². The summed E-state index contributed by atoms with van der Waals surface area (Å²) >= 11 is 0. The minimum Gasteiger partial charge on any atom is -0.481 e. The number of ether oxygens (including phenoxy) is 2. The van der Waals surface area contributed by atoms with Crippen LogP contribution in [0, 0.1) is 5.41 Å². The van der Waals surface area contributed by atoms with Gasteiger partial charge in [0.05, 0.1) is 0 Å². The van der Waals surface area contributed by atoms with Gasteiger partial charge < -0.3 is 9.47 Å². The Morgan fingerprint density at radius 3 is 2.23 bits per heavy atom. The highest BCUT2D eigenvalue weighted by Crippen LogP contribution is 2.40. The zero-order valence-electron chi connectivity index (χ0n) is 20.0. The van der Waals surface area contributed by atoms with Crippen LogP contribution in [0.1, 0.15) is 92.1 Å². The Morgan fingerprint density at radius 2 is 1.63 bits per heavy atom. The molecule has 166 valence electrons. The van der Waals surface area contributed by atoms with Gasteiger partial charge in [-0.15, -0.1) is 0 Å². The summed E-state index contributed by atoms with van der Waals surface area (Å²) in [5.74, 6) is 0.887. The zero-order chi connectivity index (χ0) is 22.4. The molecule has 30 heavy (non-hydrogen) atoms. The lowest BCUT2D eigenvalue weighted by Crippen LogP contribution is -2.33. The van der Waals surface area contributed by atoms with Crippen LogP contribution in [0.4, 0.5) is 0 Å². The lowest BCUT2D eigenvalue weighted by Gasteiger charge is -2.29. The maximum absolute atomic E-state index is 12.4. The molecule has 1 fully saturated rings. The molecule has 1 atom stereocenters. The molecule has 0 heterocycles. The summed E-state index contributed by atoms with van der Waals surface area (Å²) in [4.78, 5) is 12.4. The van der Waals surface area contributed by atoms with Crippen molar-refractivity contribution in [2.75, 3.05) is 6.61 Å². The van der Waals surface area contributed by atoms with Gasteiger partial charge in [0.25, 0.3) is 0 Å². The van der Waals surface area contributed by atoms with Gasteiger partial charge >= 0.3 is 5.97 Å². The fraction of sp³-hybridized carbons (Fsp3) is 0.593. The first-order valence-electron chi connectivity index (χ1n) is 11.6. The number of hydrogen-bond acceptors (Lipinski definition) is 3. The van der Waals surface area contributed by atoms with E-state index in [0.717, 1.165) is 43.2 Å². The lowest BCUT2D eigenvalue weighted by molar-refractivity contribution is -0.162. The molecule has 3 heteroatoms. The molecule has 0 N–H and O–H groups in total. The van der Waals surface area contributed by atoms with E-state index in [1.807, 2.05) is 26.0 Å². The number of hydrogen-bond donors (Lipinski definition) is 0. The van der Waals surface area contributed by atoms with E-state index in [-0.39, 0.29) is 23.6 Å². The fourth-order valence-corrected chi connectivity index (χ4v) is 4.23. The van der Waals surface area contributed by atoms with Crippen LogP contribution < -0.4 is 4.74 Å². The SMILES string of the molecule is CC.CCC1(OC(=O)COc2cccc3c(C(C)C(C)(C)C)cccc23)CCCC1. The van der Waals surface area contributed by atoms with Crippen LogP contribution in [0.25, 0.3) is 10.8 Å². The van der Waals surface area contributed by atoms with Gasteiger partial charge in [-0.1, -0.05) is 78.8 Å². The zero-order valence-corrected chi connectivity index (χ0v) is 20.0. The van der Waals surface area contributed by atoms with Crippen LogP contribution in [0.5, 0.6) is 5.75 Å². The first-order chi connectivity index (χ1) is 14.3. The predicted octanol–water partition coefficient (Wildman–Crippen LogP) is 7.66. The molecule has 0 saturated heterocycles. The van der Waals surface area contributed by atoms with E-state index in [4.69, 9.17) is 9.47 Å². The summed E-state index contributed by atoms with van der Waals surface area (Å²) in [6, 6.07) is 12.4. The minimum atomic E-state index is -0.269. The molecule has 1 aliphatic carbocycles. The van der Waals surface area contributed by atoms with Crippen LogP contribution in [0.15, 0.2) is 36.4 Å². The van der Waals surface area contributed by atoms with Crippen LogP contribution >= 0.6 is 0 Å². The van der Waals surface area contributed by atoms with Gasteiger partial charge in [-0.3, -0.25) is 0 Å². The number of benzene rings is 2. The van der Waals surface area contributed by atoms with Crippen molar-refractivity contribution in [1.29, 1.82) is 0 Å². The number of carbonyl (C=O) groups is 1. The van der Waals surface area contributed by atoms with Crippen molar-refractivity contribution < 1.29 is 14.3 Å². The molecule has 1 saturated carbocycles. The Hall–Kier alpha value is -2.03. The summed E-state index contributed by atoms with van der Waals surface area (Å²) in [6.45, 7) is 15.1. The van der Waals surface area contributed by atoms with Crippen molar-refractivity contribution in [2.24, 2.45) is 5.41 Å². The molecular formula is C27H40O3. The topological polar surface area (TPSA) is 35.5 Å². The Kier molecular flexibility index (Phi) is 8.34. The van der Waals surface area contributed by atoms with Gasteiger partial charge in [0.2, 0.25) is 0 Å². The Labute approximate surface area is 183 Å². The number of esters is 1. The molecule has 0 aromatic heterocycles. The molecule has 0 amide bonds. The molecule has 2 aromatic rings. The van der Waals surface area contributed by atoms with Gasteiger partial charge in [0, 0.05) is 5.39 Å². The van der Waals surface area contributed by atoms with Gasteiger partial charge in [-0.05, 0) is 60.5 Å². The second-order valence-corrected chi connectivity index (χ2v) is 9.29. The summed E-state index contributed by atoms with van der Waals surface area (Å²) in [5.41, 5.74) is 1.22. The molecule has 2 aromatic carbocycles. The third kappa shape index (κ3) is 5.56. The smallest absolute Gasteiger partial charge is 0.344 e. The molecular weight excluding hydrogens is 372 g/mol. The summed E-state index contributed by atoms with van der Waals surface area (Å²) in [6.07, 6.45) is 5.09. The molecule has 0 radical (unpaired) electrons. The van der Waals surface area contributed by atoms with Crippen molar-refractivity contribution in [1.82, 2.24) is 0 Å². The van der Waals surface area contributed by atoms with E-state index in [2.05, 4.69) is 58.9 Å². The lowest BCUT2D eigenvalue weighted by atomic mass is 9.76. The van der Waals surface area contributed by atoms with Crippen molar-refractivity contribution in [3.8, 4) is 5.75 Å². The molecule has 3 rings (SSSR count). The predicted molar refractivity (Wildman–Crippen MR) is 126 cm³/mol. The van der Waals surface area contributed by atoms with Gasteiger partial charge in [-0.2, -0.15) is 0 Å². The molecule has 0 aliphatic heterocycles. The van der Waals surface area contributed by atoms with Crippen molar-refractivity contribution in [3.63, 3.8) is 0 Å². The molecule has 3 nitrogen and oxygen atoms in total. The van der Waals surface area contributed by atoms with Gasteiger partial charge in [-0.25, -0.2) is 4.79 Å². The quantitative estimate of drug-likeness (QED) is 0.457. The standard InChI is InChI=1S/C25H34O3.C2H6/c1-6-25(15-7-8-16-25)28-23(26)17-27-22-14-10-12-20-19(11-9-13-21(20)22)18(2)24(3,4)5;1-2/h9-14,18H,6-8,15-17H2,1-5H3;1-2H3. The first-order valence-corrected chi connectivity index (χ1v) is 11.6. The average Bonchev–Trinajstić information content (AvgIpc) is 3.21. The highest BCUT2D eigenvalue weighted by atomic mass is 16.6. The van der Waals surface area contributed by atoms with Crippen LogP contribution in [-0.2, 0) is 9.53 Å². The Balaban J connectivity index is 0.00000155. The van der Waals surface area contributed by atoms with E-state index < -0.39 is 0 Å². The number of carbonyl (C=O) groups excluding carboxylic acids is 1. The normalized spacial score (nSPS) is 16.5. The third-order valence-corrected chi connectivity index (χ3v) is 6.52. The Bertz CT molecular complexity index is 826. The second-order valence-electron chi connectivity index (χ2n) is 9.29. The fourth-order valence-electron chi connectivity index (χ4n) is 4.23. The molecule has 0 bridgehead atoms. The molecule has 1 aliphatic rings. The van der Waals surface area contributed by atoms with Gasteiger partial charge in [0.1, 0.15) is 11.4 Å². The molecule has 1 unspecified atom stereocenters. The largest absolute Gasteiger partial charge is 0.481 e. The average molecular weight is 413 g/mol. The molecule has 0 spiro atoms. The van der Waals surface area contributed by atoms with Crippen molar-refractivity contribution >= 4 is 16.7 Å². The minimum absolute atomic E-state index is 0.0418. The monoisotopic (exact) mass is 412 g/mol. The van der Waals surface area contributed by atoms with Crippen LogP contribution in [0.3, 0.4) is 0 Å². The number of fused-ring (bicyclic) bond motifs is 1. The summed E-state index contributed by atoms with van der Waals surface area (Å²) in [5, 5.41) is 2.24. The van der Waals surface area contributed by atoms with E-state index in [0.29, 0.717) is 5.92 Å². The van der Waals surface area contributed by atoms with Crippen molar-refractivity contribution in [2.45, 2.75) is 92.1 Å². The van der Waals surface area contributed by atoms with Gasteiger partial charge in [0.15, 0.2) is 6.61 Å². The maximum Gasteiger partial charge on any atom is 0.344 e. The number of rotatable bonds is 6.